The number of esters is 1. The van der Waals surface area contributed by atoms with Crippen LogP contribution in [0.15, 0.2) is 36.8 Å². The number of carbonyl (C=O) groups excluding carboxylic acids is 1. The second-order valence-electron chi connectivity index (χ2n) is 5.10. The molecular formula is C16H13F2N5O2. The molecule has 2 heterocycles. The molecule has 0 saturated carbocycles. The molecule has 3 rings (SSSR count). The second kappa shape index (κ2) is 6.63. The number of carbonyl (C=O) groups is 1. The molecule has 0 radical (unpaired) electrons. The fourth-order valence-electron chi connectivity index (χ4n) is 2.18. The maximum Gasteiger partial charge on any atom is 0.340 e. The van der Waals surface area contributed by atoms with E-state index in [1.807, 2.05) is 0 Å². The zero-order chi connectivity index (χ0) is 18.0. The normalized spacial score (nSPS) is 10.6. The van der Waals surface area contributed by atoms with Crippen LogP contribution < -0.4 is 5.32 Å². The van der Waals surface area contributed by atoms with Crippen molar-refractivity contribution in [2.24, 2.45) is 7.05 Å². The summed E-state index contributed by atoms with van der Waals surface area (Å²) in [4.78, 5) is 19.3. The van der Waals surface area contributed by atoms with Crippen molar-refractivity contribution >= 4 is 17.6 Å². The minimum Gasteiger partial charge on any atom is -0.465 e. The Balaban J connectivity index is 1.95. The molecule has 0 spiro atoms. The first-order chi connectivity index (χ1) is 12.0. The first-order valence-electron chi connectivity index (χ1n) is 7.14. The summed E-state index contributed by atoms with van der Waals surface area (Å²) in [5.74, 6) is -2.24. The molecule has 0 bridgehead atoms. The number of aryl methyl sites for hydroxylation is 1. The number of anilines is 2. The number of halogens is 2. The van der Waals surface area contributed by atoms with Crippen molar-refractivity contribution in [3.8, 4) is 11.3 Å². The van der Waals surface area contributed by atoms with Gasteiger partial charge in [0.1, 0.15) is 11.5 Å². The summed E-state index contributed by atoms with van der Waals surface area (Å²) < 4.78 is 34.2. The summed E-state index contributed by atoms with van der Waals surface area (Å²) in [6.45, 7) is 0. The molecule has 0 amide bonds. The summed E-state index contributed by atoms with van der Waals surface area (Å²) in [6.07, 6.45) is 4.22. The highest BCUT2D eigenvalue weighted by molar-refractivity contribution is 5.90. The van der Waals surface area contributed by atoms with Gasteiger partial charge in [-0.2, -0.15) is 5.10 Å². The lowest BCUT2D eigenvalue weighted by atomic mass is 10.1. The van der Waals surface area contributed by atoms with Gasteiger partial charge < -0.3 is 10.1 Å². The first-order valence-corrected chi connectivity index (χ1v) is 7.14. The average molecular weight is 345 g/mol. The first kappa shape index (κ1) is 16.5. The third kappa shape index (κ3) is 3.44. The largest absolute Gasteiger partial charge is 0.465 e. The van der Waals surface area contributed by atoms with Crippen LogP contribution in [0.5, 0.6) is 0 Å². The van der Waals surface area contributed by atoms with Gasteiger partial charge in [-0.1, -0.05) is 6.07 Å². The van der Waals surface area contributed by atoms with Crippen molar-refractivity contribution in [2.45, 2.75) is 0 Å². The number of nitrogens with one attached hydrogen (secondary N) is 1. The highest BCUT2D eigenvalue weighted by Gasteiger charge is 2.16. The van der Waals surface area contributed by atoms with Gasteiger partial charge in [0, 0.05) is 18.8 Å². The molecule has 1 N–H and O–H groups in total. The van der Waals surface area contributed by atoms with E-state index in [1.54, 1.807) is 24.1 Å². The molecule has 9 heteroatoms. The minimum atomic E-state index is -0.830. The van der Waals surface area contributed by atoms with Crippen LogP contribution in [0, 0.1) is 11.6 Å². The predicted octanol–water partition coefficient (Wildman–Crippen LogP) is 2.69. The van der Waals surface area contributed by atoms with E-state index in [0.717, 1.165) is 19.4 Å². The number of benzene rings is 1. The molecule has 25 heavy (non-hydrogen) atoms. The van der Waals surface area contributed by atoms with E-state index in [9.17, 15) is 13.6 Å². The lowest BCUT2D eigenvalue weighted by molar-refractivity contribution is 0.0595. The van der Waals surface area contributed by atoms with Crippen LogP contribution in [0.1, 0.15) is 10.4 Å². The molecular weight excluding hydrogens is 332 g/mol. The van der Waals surface area contributed by atoms with Crippen LogP contribution in [0.3, 0.4) is 0 Å². The third-order valence-corrected chi connectivity index (χ3v) is 3.35. The quantitative estimate of drug-likeness (QED) is 0.732. The Kier molecular flexibility index (Phi) is 4.38. The molecule has 3 aromatic rings. The SMILES string of the molecule is COC(=O)c1ccc(-c2nc(Nc3cnn(C)c3)ncc2F)cc1F. The van der Waals surface area contributed by atoms with Gasteiger partial charge in [0.15, 0.2) is 5.82 Å². The Morgan fingerprint density at radius 1 is 1.24 bits per heavy atom. The van der Waals surface area contributed by atoms with Gasteiger partial charge in [0.25, 0.3) is 0 Å². The highest BCUT2D eigenvalue weighted by Crippen LogP contribution is 2.24. The van der Waals surface area contributed by atoms with E-state index in [4.69, 9.17) is 0 Å². The topological polar surface area (TPSA) is 81.9 Å². The van der Waals surface area contributed by atoms with Crippen molar-refractivity contribution in [1.29, 1.82) is 0 Å². The number of methoxy groups -OCH3 is 1. The van der Waals surface area contributed by atoms with Crippen LogP contribution in [0.2, 0.25) is 0 Å². The van der Waals surface area contributed by atoms with Crippen molar-refractivity contribution in [2.75, 3.05) is 12.4 Å². The van der Waals surface area contributed by atoms with E-state index in [2.05, 4.69) is 25.1 Å². The van der Waals surface area contributed by atoms with Gasteiger partial charge in [-0.3, -0.25) is 4.68 Å². The molecule has 7 nitrogen and oxygen atoms in total. The molecule has 1 aromatic carbocycles. The fraction of sp³-hybridized carbons (Fsp3) is 0.125. The van der Waals surface area contributed by atoms with Gasteiger partial charge in [-0.25, -0.2) is 23.5 Å². The lowest BCUT2D eigenvalue weighted by Crippen LogP contribution is -2.05. The Morgan fingerprint density at radius 3 is 2.68 bits per heavy atom. The molecule has 0 fully saturated rings. The van der Waals surface area contributed by atoms with E-state index in [1.165, 1.54) is 12.1 Å². The summed E-state index contributed by atoms with van der Waals surface area (Å²) in [5.41, 5.74) is 0.442. The average Bonchev–Trinajstić information content (AvgIpc) is 3.00. The highest BCUT2D eigenvalue weighted by atomic mass is 19.1. The summed E-state index contributed by atoms with van der Waals surface area (Å²) in [5, 5.41) is 6.86. The standard InChI is InChI=1S/C16H13F2N5O2/c1-23-8-10(6-20-23)21-16-19-7-13(18)14(22-16)9-3-4-11(12(17)5-9)15(24)25-2/h3-8H,1-2H3,(H,19,21,22). The third-order valence-electron chi connectivity index (χ3n) is 3.35. The molecule has 0 saturated heterocycles. The van der Waals surface area contributed by atoms with Gasteiger partial charge >= 0.3 is 5.97 Å². The number of hydrogen-bond acceptors (Lipinski definition) is 6. The molecule has 0 aliphatic rings. The second-order valence-corrected chi connectivity index (χ2v) is 5.10. The Labute approximate surface area is 141 Å². The molecule has 0 atom stereocenters. The molecule has 0 aliphatic heterocycles. The number of nitrogens with zero attached hydrogens (tertiary/aromatic N) is 4. The Bertz CT molecular complexity index is 942. The van der Waals surface area contributed by atoms with Crippen molar-refractivity contribution in [1.82, 2.24) is 19.7 Å². The van der Waals surface area contributed by atoms with E-state index >= 15 is 0 Å². The van der Waals surface area contributed by atoms with Crippen molar-refractivity contribution < 1.29 is 18.3 Å². The summed E-state index contributed by atoms with van der Waals surface area (Å²) in [6, 6.07) is 3.62. The fourth-order valence-corrected chi connectivity index (χ4v) is 2.18. The molecule has 128 valence electrons. The monoisotopic (exact) mass is 345 g/mol. The smallest absolute Gasteiger partial charge is 0.340 e. The maximum atomic E-state index is 14.1. The Morgan fingerprint density at radius 2 is 2.04 bits per heavy atom. The van der Waals surface area contributed by atoms with Crippen LogP contribution in [-0.2, 0) is 11.8 Å². The van der Waals surface area contributed by atoms with Crippen LogP contribution in [-0.4, -0.2) is 32.8 Å². The van der Waals surface area contributed by atoms with Gasteiger partial charge in [0.2, 0.25) is 5.95 Å². The van der Waals surface area contributed by atoms with Crippen molar-refractivity contribution in [3.05, 3.63) is 54.0 Å². The van der Waals surface area contributed by atoms with E-state index in [0.29, 0.717) is 5.69 Å². The lowest BCUT2D eigenvalue weighted by Gasteiger charge is -2.08. The number of aromatic nitrogens is 4. The summed E-state index contributed by atoms with van der Waals surface area (Å²) in [7, 11) is 2.89. The molecule has 0 aliphatic carbocycles. The van der Waals surface area contributed by atoms with Crippen LogP contribution in [0.25, 0.3) is 11.3 Å². The predicted molar refractivity (Wildman–Crippen MR) is 85.2 cm³/mol. The zero-order valence-corrected chi connectivity index (χ0v) is 13.3. The van der Waals surface area contributed by atoms with E-state index in [-0.39, 0.29) is 22.8 Å². The van der Waals surface area contributed by atoms with Crippen LogP contribution in [0.4, 0.5) is 20.4 Å². The zero-order valence-electron chi connectivity index (χ0n) is 13.3. The minimum absolute atomic E-state index is 0.100. The number of rotatable bonds is 4. The van der Waals surface area contributed by atoms with E-state index < -0.39 is 17.6 Å². The maximum absolute atomic E-state index is 14.1. The van der Waals surface area contributed by atoms with Gasteiger partial charge in [-0.05, 0) is 12.1 Å². The number of hydrogen-bond donors (Lipinski definition) is 1. The Hall–Kier alpha value is -3.36. The molecule has 2 aromatic heterocycles. The summed E-state index contributed by atoms with van der Waals surface area (Å²) >= 11 is 0. The van der Waals surface area contributed by atoms with Crippen molar-refractivity contribution in [3.63, 3.8) is 0 Å². The van der Waals surface area contributed by atoms with Gasteiger partial charge in [-0.15, -0.1) is 0 Å². The van der Waals surface area contributed by atoms with Gasteiger partial charge in [0.05, 0.1) is 30.8 Å². The van der Waals surface area contributed by atoms with Crippen LogP contribution >= 0.6 is 0 Å². The molecule has 0 unspecified atom stereocenters. The number of ether oxygens (including phenoxy) is 1.